The first kappa shape index (κ1) is 37.8. The van der Waals surface area contributed by atoms with Crippen LogP contribution in [0.25, 0.3) is 6.08 Å². The first-order valence-electron chi connectivity index (χ1n) is 18.2. The lowest BCUT2D eigenvalue weighted by Crippen LogP contribution is -2.60. The zero-order valence-corrected chi connectivity index (χ0v) is 30.8. The van der Waals surface area contributed by atoms with Gasteiger partial charge in [0.25, 0.3) is 0 Å². The second-order valence-electron chi connectivity index (χ2n) is 13.8. The summed E-state index contributed by atoms with van der Waals surface area (Å²) in [6.45, 7) is 0.197. The maximum atomic E-state index is 14.8. The van der Waals surface area contributed by atoms with Crippen LogP contribution in [0.15, 0.2) is 115 Å². The van der Waals surface area contributed by atoms with Crippen LogP contribution in [0.3, 0.4) is 0 Å². The molecule has 1 fully saturated rings. The Morgan fingerprint density at radius 2 is 1.50 bits per heavy atom. The number of carbonyl (C=O) groups excluding carboxylic acids is 4. The number of hydrogen-bond donors (Lipinski definition) is 3. The van der Waals surface area contributed by atoms with Gasteiger partial charge in [0.2, 0.25) is 23.6 Å². The predicted molar refractivity (Wildman–Crippen MR) is 206 cm³/mol. The maximum Gasteiger partial charge on any atom is 0.247 e. The largest absolute Gasteiger partial charge is 0.496 e. The van der Waals surface area contributed by atoms with E-state index in [9.17, 15) is 19.2 Å². The molecule has 1 saturated heterocycles. The van der Waals surface area contributed by atoms with Crippen molar-refractivity contribution < 1.29 is 28.7 Å². The molecule has 3 N–H and O–H groups in total. The van der Waals surface area contributed by atoms with E-state index in [1.165, 1.54) is 11.1 Å². The van der Waals surface area contributed by atoms with E-state index in [0.29, 0.717) is 29.9 Å². The fourth-order valence-corrected chi connectivity index (χ4v) is 7.03. The Morgan fingerprint density at radius 1 is 0.870 bits per heavy atom. The van der Waals surface area contributed by atoms with Crippen molar-refractivity contribution in [2.45, 2.75) is 56.0 Å². The first-order chi connectivity index (χ1) is 26.2. The SMILES string of the molecule is COc1ccc2cc1C=CNC(=O)C(Cc1ccccc1)NC(=O)C1C(CCN1C(=O)C(Cc1ccccc1)NC(=O)C(Cc1ccccc1)N(C)C)O2. The van der Waals surface area contributed by atoms with Crippen molar-refractivity contribution in [3.05, 3.63) is 138 Å². The summed E-state index contributed by atoms with van der Waals surface area (Å²) >= 11 is 0. The van der Waals surface area contributed by atoms with E-state index in [1.54, 1.807) is 31.4 Å². The molecule has 0 aromatic heterocycles. The average molecular weight is 730 g/mol. The van der Waals surface area contributed by atoms with Crippen molar-refractivity contribution in [3.8, 4) is 11.5 Å². The van der Waals surface area contributed by atoms with Crippen LogP contribution in [0.5, 0.6) is 11.5 Å². The minimum absolute atomic E-state index is 0.197. The molecule has 2 aliphatic heterocycles. The summed E-state index contributed by atoms with van der Waals surface area (Å²) in [5.41, 5.74) is 3.35. The number of methoxy groups -OCH3 is 1. The third-order valence-electron chi connectivity index (χ3n) is 9.88. The molecule has 54 heavy (non-hydrogen) atoms. The van der Waals surface area contributed by atoms with E-state index in [1.807, 2.05) is 110 Å². The number of likely N-dealkylation sites (N-methyl/N-ethyl adjacent to an activating group) is 1. The summed E-state index contributed by atoms with van der Waals surface area (Å²) in [6, 6.07) is 30.3. The van der Waals surface area contributed by atoms with Crippen LogP contribution < -0.4 is 25.4 Å². The van der Waals surface area contributed by atoms with Crippen LogP contribution >= 0.6 is 0 Å². The van der Waals surface area contributed by atoms with E-state index >= 15 is 0 Å². The zero-order valence-electron chi connectivity index (χ0n) is 30.8. The van der Waals surface area contributed by atoms with Gasteiger partial charge in [-0.15, -0.1) is 0 Å². The lowest BCUT2D eigenvalue weighted by molar-refractivity contribution is -0.144. The molecule has 2 aliphatic rings. The van der Waals surface area contributed by atoms with Gasteiger partial charge in [-0.1, -0.05) is 91.0 Å². The summed E-state index contributed by atoms with van der Waals surface area (Å²) in [6.07, 6.45) is 3.69. The Morgan fingerprint density at radius 3 is 2.13 bits per heavy atom. The Bertz CT molecular complexity index is 1940. The van der Waals surface area contributed by atoms with Gasteiger partial charge in [0.15, 0.2) is 0 Å². The third-order valence-corrected chi connectivity index (χ3v) is 9.88. The first-order valence-corrected chi connectivity index (χ1v) is 18.2. The van der Waals surface area contributed by atoms with Crippen LogP contribution in [-0.2, 0) is 38.4 Å². The number of rotatable bonds is 11. The minimum atomic E-state index is -1.10. The highest BCUT2D eigenvalue weighted by Crippen LogP contribution is 2.30. The van der Waals surface area contributed by atoms with E-state index < -0.39 is 48.0 Å². The van der Waals surface area contributed by atoms with Crippen LogP contribution in [-0.4, -0.2) is 91.4 Å². The van der Waals surface area contributed by atoms with Crippen molar-refractivity contribution in [2.24, 2.45) is 0 Å². The highest BCUT2D eigenvalue weighted by atomic mass is 16.5. The number of hydrogen-bond acceptors (Lipinski definition) is 7. The molecular weight excluding hydrogens is 683 g/mol. The molecule has 4 amide bonds. The number of benzene rings is 4. The van der Waals surface area contributed by atoms with Gasteiger partial charge in [-0.05, 0) is 61.5 Å². The molecule has 5 atom stereocenters. The highest BCUT2D eigenvalue weighted by molar-refractivity contribution is 5.96. The maximum absolute atomic E-state index is 14.8. The Kier molecular flexibility index (Phi) is 12.4. The van der Waals surface area contributed by atoms with E-state index in [0.717, 1.165) is 16.7 Å². The molecular formula is C43H47N5O6. The van der Waals surface area contributed by atoms with Gasteiger partial charge in [0.1, 0.15) is 35.7 Å². The summed E-state index contributed by atoms with van der Waals surface area (Å²) < 4.78 is 12.0. The lowest BCUT2D eigenvalue weighted by Gasteiger charge is -2.33. The summed E-state index contributed by atoms with van der Waals surface area (Å²) in [5, 5.41) is 8.83. The van der Waals surface area contributed by atoms with E-state index in [-0.39, 0.29) is 25.3 Å². The Balaban J connectivity index is 1.33. The molecule has 2 heterocycles. The van der Waals surface area contributed by atoms with Crippen molar-refractivity contribution in [1.29, 1.82) is 0 Å². The quantitative estimate of drug-likeness (QED) is 0.215. The number of amides is 4. The molecule has 4 aromatic carbocycles. The van der Waals surface area contributed by atoms with Gasteiger partial charge in [0.05, 0.1) is 13.2 Å². The van der Waals surface area contributed by atoms with Crippen LogP contribution in [0.2, 0.25) is 0 Å². The molecule has 280 valence electrons. The molecule has 0 radical (unpaired) electrons. The van der Waals surface area contributed by atoms with Crippen molar-refractivity contribution in [3.63, 3.8) is 0 Å². The van der Waals surface area contributed by atoms with Crippen molar-refractivity contribution in [1.82, 2.24) is 25.8 Å². The number of nitrogens with one attached hydrogen (secondary N) is 3. The summed E-state index contributed by atoms with van der Waals surface area (Å²) in [4.78, 5) is 60.4. The number of likely N-dealkylation sites (tertiary alicyclic amines) is 1. The fraction of sp³-hybridized carbons (Fsp3) is 0.302. The Hall–Kier alpha value is -5.94. The smallest absolute Gasteiger partial charge is 0.247 e. The number of nitrogens with zero attached hydrogens (tertiary/aromatic N) is 2. The molecule has 6 rings (SSSR count). The fourth-order valence-electron chi connectivity index (χ4n) is 7.03. The second kappa shape index (κ2) is 17.7. The van der Waals surface area contributed by atoms with Gasteiger partial charge >= 0.3 is 0 Å². The van der Waals surface area contributed by atoms with E-state index in [4.69, 9.17) is 9.47 Å². The number of fused-ring (bicyclic) bond motifs is 3. The molecule has 5 unspecified atom stereocenters. The summed E-state index contributed by atoms with van der Waals surface area (Å²) in [7, 11) is 5.23. The van der Waals surface area contributed by atoms with Gasteiger partial charge in [0, 0.05) is 37.6 Å². The monoisotopic (exact) mass is 729 g/mol. The lowest BCUT2D eigenvalue weighted by atomic mass is 10.0. The summed E-state index contributed by atoms with van der Waals surface area (Å²) in [5.74, 6) is -0.626. The highest BCUT2D eigenvalue weighted by Gasteiger charge is 2.46. The van der Waals surface area contributed by atoms with Crippen molar-refractivity contribution >= 4 is 29.7 Å². The molecule has 11 nitrogen and oxygen atoms in total. The molecule has 0 saturated carbocycles. The topological polar surface area (TPSA) is 129 Å². The zero-order chi connectivity index (χ0) is 38.0. The van der Waals surface area contributed by atoms with Crippen LogP contribution in [0, 0.1) is 0 Å². The Labute approximate surface area is 316 Å². The van der Waals surface area contributed by atoms with Gasteiger partial charge in [-0.2, -0.15) is 0 Å². The molecule has 0 aliphatic carbocycles. The molecule has 4 aromatic rings. The molecule has 11 heteroatoms. The molecule has 0 spiro atoms. The van der Waals surface area contributed by atoms with Crippen LogP contribution in [0.1, 0.15) is 28.7 Å². The normalized spacial score (nSPS) is 19.5. The number of ether oxygens (including phenoxy) is 2. The minimum Gasteiger partial charge on any atom is -0.496 e. The molecule has 2 bridgehead atoms. The van der Waals surface area contributed by atoms with Crippen LogP contribution in [0.4, 0.5) is 0 Å². The average Bonchev–Trinajstić information content (AvgIpc) is 3.60. The van der Waals surface area contributed by atoms with Gasteiger partial charge in [-0.3, -0.25) is 24.1 Å². The van der Waals surface area contributed by atoms with Crippen molar-refractivity contribution in [2.75, 3.05) is 27.7 Å². The van der Waals surface area contributed by atoms with Gasteiger partial charge in [-0.25, -0.2) is 0 Å². The third kappa shape index (κ3) is 9.34. The standard InChI is InChI=1S/C43H47N5O6/c1-47(2)36(27-31-17-11-6-12-18-31)41(50)46-35(26-30-15-9-5-10-16-30)43(52)48-24-22-38-39(48)42(51)45-34(25-29-13-7-4-8-14-29)40(49)44-23-21-32-28-33(54-38)19-20-37(32)53-3/h4-21,23,28,34-36,38-39H,22,24-27H2,1-3H3,(H,44,49)(H,45,51)(H,46,50). The second-order valence-corrected chi connectivity index (χ2v) is 13.8. The van der Waals surface area contributed by atoms with E-state index in [2.05, 4.69) is 16.0 Å². The predicted octanol–water partition coefficient (Wildman–Crippen LogP) is 3.77. The van der Waals surface area contributed by atoms with Gasteiger partial charge < -0.3 is 30.3 Å². The number of carbonyl (C=O) groups is 4.